The van der Waals surface area contributed by atoms with Crippen molar-refractivity contribution in [3.63, 3.8) is 0 Å². The van der Waals surface area contributed by atoms with Gasteiger partial charge in [-0.15, -0.1) is 0 Å². The van der Waals surface area contributed by atoms with Gasteiger partial charge in [-0.2, -0.15) is 5.26 Å². The maximum atomic E-state index is 12.7. The topological polar surface area (TPSA) is 90.8 Å². The van der Waals surface area contributed by atoms with E-state index in [0.29, 0.717) is 0 Å². The lowest BCUT2D eigenvalue weighted by Gasteiger charge is -2.23. The summed E-state index contributed by atoms with van der Waals surface area (Å²) in [7, 11) is 0. The number of imidazole rings is 1. The van der Waals surface area contributed by atoms with Crippen LogP contribution in [0.4, 0.5) is 5.69 Å². The highest BCUT2D eigenvalue weighted by Crippen LogP contribution is 2.37. The van der Waals surface area contributed by atoms with Gasteiger partial charge in [0.15, 0.2) is 11.5 Å². The Morgan fingerprint density at radius 3 is 2.97 bits per heavy atom. The van der Waals surface area contributed by atoms with Crippen LogP contribution in [0, 0.1) is 11.3 Å². The van der Waals surface area contributed by atoms with Crippen molar-refractivity contribution < 1.29 is 9.53 Å². The van der Waals surface area contributed by atoms with Crippen LogP contribution in [0.2, 0.25) is 0 Å². The molecule has 150 valence electrons. The molecular weight excluding hydrogens is 376 g/mol. The molecule has 0 saturated heterocycles. The first kappa shape index (κ1) is 18.6. The van der Waals surface area contributed by atoms with Crippen LogP contribution >= 0.6 is 0 Å². The van der Waals surface area contributed by atoms with Crippen molar-refractivity contribution >= 4 is 22.7 Å². The van der Waals surface area contributed by atoms with Gasteiger partial charge >= 0.3 is 0 Å². The van der Waals surface area contributed by atoms with Gasteiger partial charge < -0.3 is 15.0 Å². The zero-order chi connectivity index (χ0) is 20.5. The Kier molecular flexibility index (Phi) is 4.82. The number of nitrogens with one attached hydrogen (secondary N) is 2. The lowest BCUT2D eigenvalue weighted by Crippen LogP contribution is -2.17. The van der Waals surface area contributed by atoms with E-state index in [-0.39, 0.29) is 29.6 Å². The Morgan fingerprint density at radius 1 is 1.27 bits per heavy atom. The van der Waals surface area contributed by atoms with E-state index in [0.717, 1.165) is 36.9 Å². The Balaban J connectivity index is 1.48. The predicted molar refractivity (Wildman–Crippen MR) is 115 cm³/mol. The Hall–Kier alpha value is -3.43. The van der Waals surface area contributed by atoms with E-state index in [2.05, 4.69) is 51.7 Å². The summed E-state index contributed by atoms with van der Waals surface area (Å²) in [6.07, 6.45) is 15.6. The predicted octanol–water partition coefficient (Wildman–Crippen LogP) is 4.60. The molecule has 0 fully saturated rings. The first-order chi connectivity index (χ1) is 14.7. The summed E-state index contributed by atoms with van der Waals surface area (Å²) in [5.74, 6) is -0.219. The molecule has 2 bridgehead atoms. The van der Waals surface area contributed by atoms with Crippen LogP contribution in [-0.2, 0) is 4.74 Å². The zero-order valence-corrected chi connectivity index (χ0v) is 16.5. The molecule has 1 amide bonds. The molecule has 0 saturated carbocycles. The zero-order valence-electron chi connectivity index (χ0n) is 16.5. The summed E-state index contributed by atoms with van der Waals surface area (Å²) in [6.45, 7) is 0. The van der Waals surface area contributed by atoms with Gasteiger partial charge in [0.2, 0.25) is 0 Å². The van der Waals surface area contributed by atoms with E-state index in [1.54, 1.807) is 0 Å². The smallest absolute Gasteiger partial charge is 0.291 e. The standard InChI is InChI=1S/C24H22N4O2/c25-13-18-14-26-23(27-18)24(29)28-22-9-6-16(12-21(22)15-4-2-1-3-5-15)17-10-19-7-8-20(11-17)30-19/h4,6-10,12,14,19-20H,1-3,5,11H2,(H,26,27)(H,28,29)/t19-,20+/m1/s1. The maximum Gasteiger partial charge on any atom is 0.291 e. The third kappa shape index (κ3) is 3.60. The number of carbonyl (C=O) groups is 1. The van der Waals surface area contributed by atoms with Crippen LogP contribution in [0.25, 0.3) is 11.1 Å². The van der Waals surface area contributed by atoms with E-state index >= 15 is 0 Å². The molecule has 1 aromatic heterocycles. The quantitative estimate of drug-likeness (QED) is 0.736. The van der Waals surface area contributed by atoms with E-state index in [4.69, 9.17) is 10.00 Å². The number of hydrogen-bond acceptors (Lipinski definition) is 4. The lowest BCUT2D eigenvalue weighted by molar-refractivity contribution is 0.0829. The van der Waals surface area contributed by atoms with Gasteiger partial charge in [-0.3, -0.25) is 4.79 Å². The van der Waals surface area contributed by atoms with Gasteiger partial charge in [-0.25, -0.2) is 4.98 Å². The number of allylic oxidation sites excluding steroid dienone is 2. The van der Waals surface area contributed by atoms with Gasteiger partial charge in [-0.1, -0.05) is 24.3 Å². The SMILES string of the molecule is N#Cc1c[nH]c(C(=O)Nc2ccc(C3=C[C@H]4C=C[C@@H](C3)O4)cc2C2=CCCCC2)n1. The number of rotatable bonds is 4. The monoisotopic (exact) mass is 398 g/mol. The second-order valence-corrected chi connectivity index (χ2v) is 7.86. The normalized spacial score (nSPS) is 22.2. The average molecular weight is 398 g/mol. The fraction of sp³-hybridized carbons (Fsp3) is 0.292. The molecule has 2 aliphatic heterocycles. The lowest BCUT2D eigenvalue weighted by atomic mass is 9.89. The van der Waals surface area contributed by atoms with Gasteiger partial charge in [0.05, 0.1) is 12.2 Å². The average Bonchev–Trinajstić information content (AvgIpc) is 3.40. The Labute approximate surface area is 175 Å². The summed E-state index contributed by atoms with van der Waals surface area (Å²) >= 11 is 0. The summed E-state index contributed by atoms with van der Waals surface area (Å²) in [6, 6.07) is 8.15. The number of anilines is 1. The van der Waals surface area contributed by atoms with Crippen molar-refractivity contribution in [2.75, 3.05) is 5.32 Å². The van der Waals surface area contributed by atoms with Crippen molar-refractivity contribution in [2.45, 2.75) is 44.3 Å². The minimum atomic E-state index is -0.352. The summed E-state index contributed by atoms with van der Waals surface area (Å²) < 4.78 is 5.84. The first-order valence-electron chi connectivity index (χ1n) is 10.3. The molecule has 6 heteroatoms. The van der Waals surface area contributed by atoms with Gasteiger partial charge in [0.1, 0.15) is 6.07 Å². The van der Waals surface area contributed by atoms with E-state index < -0.39 is 0 Å². The number of aromatic nitrogens is 2. The highest BCUT2D eigenvalue weighted by atomic mass is 16.5. The number of aromatic amines is 1. The minimum absolute atomic E-state index is 0.0590. The maximum absolute atomic E-state index is 12.7. The summed E-state index contributed by atoms with van der Waals surface area (Å²) in [5.41, 5.74) is 5.73. The molecular formula is C24H22N4O2. The summed E-state index contributed by atoms with van der Waals surface area (Å²) in [4.78, 5) is 19.5. The molecule has 1 aliphatic carbocycles. The fourth-order valence-corrected chi connectivity index (χ4v) is 4.31. The van der Waals surface area contributed by atoms with Gasteiger partial charge in [-0.05, 0) is 60.6 Å². The summed E-state index contributed by atoms with van der Waals surface area (Å²) in [5, 5.41) is 11.9. The highest BCUT2D eigenvalue weighted by Gasteiger charge is 2.26. The van der Waals surface area contributed by atoms with Crippen molar-refractivity contribution in [2.24, 2.45) is 0 Å². The molecule has 5 rings (SSSR count). The molecule has 2 atom stereocenters. The highest BCUT2D eigenvalue weighted by molar-refractivity contribution is 6.03. The van der Waals surface area contributed by atoms with Crippen molar-refractivity contribution in [1.82, 2.24) is 9.97 Å². The molecule has 3 heterocycles. The second kappa shape index (κ2) is 7.77. The Bertz CT molecular complexity index is 1130. The minimum Gasteiger partial charge on any atom is -0.362 e. The number of benzene rings is 1. The van der Waals surface area contributed by atoms with Crippen molar-refractivity contribution in [1.29, 1.82) is 5.26 Å². The van der Waals surface area contributed by atoms with Crippen LogP contribution in [0.15, 0.2) is 48.7 Å². The molecule has 0 spiro atoms. The van der Waals surface area contributed by atoms with Crippen LogP contribution in [0.1, 0.15) is 59.5 Å². The van der Waals surface area contributed by atoms with Crippen LogP contribution < -0.4 is 5.32 Å². The van der Waals surface area contributed by atoms with Crippen molar-refractivity contribution in [3.05, 3.63) is 71.3 Å². The Morgan fingerprint density at radius 2 is 2.20 bits per heavy atom. The first-order valence-corrected chi connectivity index (χ1v) is 10.3. The molecule has 2 aromatic rings. The van der Waals surface area contributed by atoms with E-state index in [1.807, 2.05) is 12.1 Å². The van der Waals surface area contributed by atoms with Gasteiger partial charge in [0.25, 0.3) is 5.91 Å². The molecule has 6 nitrogen and oxygen atoms in total. The third-order valence-corrected chi connectivity index (χ3v) is 5.82. The van der Waals surface area contributed by atoms with E-state index in [9.17, 15) is 4.79 Å². The van der Waals surface area contributed by atoms with Crippen LogP contribution in [0.5, 0.6) is 0 Å². The number of H-pyrrole nitrogens is 1. The molecule has 1 aromatic carbocycles. The third-order valence-electron chi connectivity index (χ3n) is 5.82. The van der Waals surface area contributed by atoms with Gasteiger partial charge in [0, 0.05) is 23.9 Å². The number of amides is 1. The molecule has 30 heavy (non-hydrogen) atoms. The largest absolute Gasteiger partial charge is 0.362 e. The van der Waals surface area contributed by atoms with Crippen LogP contribution in [0.3, 0.4) is 0 Å². The number of carbonyl (C=O) groups excluding carboxylic acids is 1. The number of hydrogen-bond donors (Lipinski definition) is 2. The molecule has 2 N–H and O–H groups in total. The van der Waals surface area contributed by atoms with Crippen LogP contribution in [-0.4, -0.2) is 28.1 Å². The molecule has 0 radical (unpaired) electrons. The second-order valence-electron chi connectivity index (χ2n) is 7.86. The number of nitriles is 1. The van der Waals surface area contributed by atoms with E-state index in [1.165, 1.54) is 29.3 Å². The number of fused-ring (bicyclic) bond motifs is 2. The molecule has 3 aliphatic rings. The molecule has 0 unspecified atom stereocenters. The number of nitrogens with zero attached hydrogens (tertiary/aromatic N) is 2. The number of ether oxygens (including phenoxy) is 1. The van der Waals surface area contributed by atoms with Crippen molar-refractivity contribution in [3.8, 4) is 6.07 Å². The fourth-order valence-electron chi connectivity index (χ4n) is 4.31.